The third-order valence-electron chi connectivity index (χ3n) is 3.51. The second-order valence-electron chi connectivity index (χ2n) is 5.94. The maximum Gasteiger partial charge on any atom is 0.262 e. The molecule has 0 aliphatic carbocycles. The highest BCUT2D eigenvalue weighted by molar-refractivity contribution is 7.99. The molecule has 2 aromatic rings. The number of allylic oxidation sites excluding steroid dienone is 1. The zero-order valence-electron chi connectivity index (χ0n) is 14.1. The van der Waals surface area contributed by atoms with E-state index in [1.54, 1.807) is 16.7 Å². The average molecular weight is 345 g/mol. The van der Waals surface area contributed by atoms with Crippen molar-refractivity contribution in [2.45, 2.75) is 32.0 Å². The molecule has 128 valence electrons. The molecule has 0 spiro atoms. The number of aromatic nitrogens is 2. The normalized spacial score (nSPS) is 11.0. The van der Waals surface area contributed by atoms with Crippen molar-refractivity contribution in [3.63, 3.8) is 0 Å². The van der Waals surface area contributed by atoms with E-state index >= 15 is 0 Å². The van der Waals surface area contributed by atoms with Gasteiger partial charge in [0.05, 0.1) is 16.7 Å². The first-order chi connectivity index (χ1) is 11.5. The van der Waals surface area contributed by atoms with Crippen LogP contribution in [-0.2, 0) is 11.3 Å². The van der Waals surface area contributed by atoms with Crippen molar-refractivity contribution in [1.82, 2.24) is 14.9 Å². The molecule has 0 saturated carbocycles. The topological polar surface area (TPSA) is 64.0 Å². The number of rotatable bonds is 8. The lowest BCUT2D eigenvalue weighted by Gasteiger charge is -2.11. The van der Waals surface area contributed by atoms with Gasteiger partial charge in [0.2, 0.25) is 5.91 Å². The number of carbonyl (C=O) groups excluding carboxylic acids is 1. The van der Waals surface area contributed by atoms with E-state index in [4.69, 9.17) is 0 Å². The van der Waals surface area contributed by atoms with Gasteiger partial charge in [0.15, 0.2) is 5.16 Å². The van der Waals surface area contributed by atoms with Gasteiger partial charge in [-0.25, -0.2) is 4.98 Å². The maximum atomic E-state index is 12.6. The molecule has 0 bridgehead atoms. The quantitative estimate of drug-likeness (QED) is 0.454. The van der Waals surface area contributed by atoms with Crippen LogP contribution >= 0.6 is 11.8 Å². The van der Waals surface area contributed by atoms with Crippen LogP contribution in [0.1, 0.15) is 20.3 Å². The molecule has 2 rings (SSSR count). The number of carbonyl (C=O) groups is 1. The minimum atomic E-state index is -0.108. The summed E-state index contributed by atoms with van der Waals surface area (Å²) in [5.41, 5.74) is 0.536. The summed E-state index contributed by atoms with van der Waals surface area (Å²) < 4.78 is 1.56. The maximum absolute atomic E-state index is 12.6. The molecule has 0 atom stereocenters. The molecule has 5 nitrogen and oxygen atoms in total. The average Bonchev–Trinajstić information content (AvgIpc) is 2.55. The van der Waals surface area contributed by atoms with Gasteiger partial charge in [-0.15, -0.1) is 6.58 Å². The molecule has 0 aliphatic heterocycles. The molecule has 1 N–H and O–H groups in total. The van der Waals surface area contributed by atoms with E-state index in [1.807, 2.05) is 18.2 Å². The molecule has 1 amide bonds. The third-order valence-corrected chi connectivity index (χ3v) is 4.49. The molecular weight excluding hydrogens is 322 g/mol. The van der Waals surface area contributed by atoms with E-state index in [-0.39, 0.29) is 17.2 Å². The summed E-state index contributed by atoms with van der Waals surface area (Å²) in [4.78, 5) is 29.1. The van der Waals surface area contributed by atoms with Crippen LogP contribution in [0, 0.1) is 5.92 Å². The van der Waals surface area contributed by atoms with E-state index in [9.17, 15) is 9.59 Å². The van der Waals surface area contributed by atoms with Crippen LogP contribution in [0.5, 0.6) is 0 Å². The Balaban J connectivity index is 2.15. The van der Waals surface area contributed by atoms with Crippen LogP contribution in [-0.4, -0.2) is 27.8 Å². The minimum Gasteiger partial charge on any atom is -0.355 e. The van der Waals surface area contributed by atoms with Crippen LogP contribution in [0.4, 0.5) is 0 Å². The van der Waals surface area contributed by atoms with Crippen LogP contribution in [0.25, 0.3) is 10.9 Å². The summed E-state index contributed by atoms with van der Waals surface area (Å²) in [6.45, 7) is 8.97. The summed E-state index contributed by atoms with van der Waals surface area (Å²) in [5, 5.41) is 4.01. The molecule has 6 heteroatoms. The van der Waals surface area contributed by atoms with Crippen LogP contribution < -0.4 is 10.9 Å². The Kier molecular flexibility index (Phi) is 6.61. The van der Waals surface area contributed by atoms with Crippen molar-refractivity contribution < 1.29 is 4.79 Å². The number of nitrogens with one attached hydrogen (secondary N) is 1. The summed E-state index contributed by atoms with van der Waals surface area (Å²) in [5.74, 6) is 0.742. The van der Waals surface area contributed by atoms with Gasteiger partial charge in [0.1, 0.15) is 0 Å². The second-order valence-corrected chi connectivity index (χ2v) is 6.88. The van der Waals surface area contributed by atoms with E-state index < -0.39 is 0 Å². The Hall–Kier alpha value is -2.08. The Morgan fingerprint density at radius 3 is 2.88 bits per heavy atom. The number of fused-ring (bicyclic) bond motifs is 1. The van der Waals surface area contributed by atoms with Gasteiger partial charge >= 0.3 is 0 Å². The molecule has 0 fully saturated rings. The highest BCUT2D eigenvalue weighted by atomic mass is 32.2. The largest absolute Gasteiger partial charge is 0.355 e. The first-order valence-electron chi connectivity index (χ1n) is 8.03. The first-order valence-corrected chi connectivity index (χ1v) is 9.01. The second kappa shape index (κ2) is 8.68. The van der Waals surface area contributed by atoms with Crippen molar-refractivity contribution in [3.8, 4) is 0 Å². The standard InChI is InChI=1S/C18H23N3O2S/c1-4-11-21-17(23)14-7-5-6-8-15(14)20-18(21)24-12-16(22)19-10-9-13(2)3/h4-8,13H,1,9-12H2,2-3H3,(H,19,22). The van der Waals surface area contributed by atoms with Gasteiger partial charge in [-0.05, 0) is 24.5 Å². The van der Waals surface area contributed by atoms with Crippen LogP contribution in [0.15, 0.2) is 46.9 Å². The SMILES string of the molecule is C=CCn1c(SCC(=O)NCCC(C)C)nc2ccccc2c1=O. The fourth-order valence-corrected chi connectivity index (χ4v) is 3.07. The van der Waals surface area contributed by atoms with Crippen molar-refractivity contribution >= 4 is 28.6 Å². The zero-order valence-corrected chi connectivity index (χ0v) is 14.9. The predicted molar refractivity (Wildman–Crippen MR) is 99.4 cm³/mol. The predicted octanol–water partition coefficient (Wildman–Crippen LogP) is 2.84. The van der Waals surface area contributed by atoms with Gasteiger partial charge in [0, 0.05) is 13.1 Å². The van der Waals surface area contributed by atoms with Gasteiger partial charge in [-0.1, -0.05) is 43.8 Å². The zero-order chi connectivity index (χ0) is 17.5. The third kappa shape index (κ3) is 4.71. The lowest BCUT2D eigenvalue weighted by Crippen LogP contribution is -2.28. The van der Waals surface area contributed by atoms with E-state index in [0.29, 0.717) is 35.1 Å². The van der Waals surface area contributed by atoms with Crippen molar-refractivity contribution in [2.24, 2.45) is 5.92 Å². The highest BCUT2D eigenvalue weighted by Crippen LogP contribution is 2.17. The Labute approximate surface area is 146 Å². The molecule has 1 heterocycles. The number of para-hydroxylation sites is 1. The number of thioether (sulfide) groups is 1. The van der Waals surface area contributed by atoms with Crippen molar-refractivity contribution in [2.75, 3.05) is 12.3 Å². The molecule has 0 saturated heterocycles. The van der Waals surface area contributed by atoms with Crippen LogP contribution in [0.3, 0.4) is 0 Å². The fourth-order valence-electron chi connectivity index (χ4n) is 2.23. The molecule has 1 aromatic heterocycles. The Bertz CT molecular complexity index is 783. The molecule has 1 aromatic carbocycles. The smallest absolute Gasteiger partial charge is 0.262 e. The van der Waals surface area contributed by atoms with Gasteiger partial charge in [-0.2, -0.15) is 0 Å². The molecule has 0 radical (unpaired) electrons. The molecule has 0 unspecified atom stereocenters. The summed E-state index contributed by atoms with van der Waals surface area (Å²) in [7, 11) is 0. The Morgan fingerprint density at radius 1 is 1.42 bits per heavy atom. The molecule has 0 aliphatic rings. The number of benzene rings is 1. The first kappa shape index (κ1) is 18.3. The molecular formula is C18H23N3O2S. The molecule has 24 heavy (non-hydrogen) atoms. The number of amides is 1. The van der Waals surface area contributed by atoms with Gasteiger partial charge < -0.3 is 5.32 Å². The van der Waals surface area contributed by atoms with Gasteiger partial charge in [0.25, 0.3) is 5.56 Å². The van der Waals surface area contributed by atoms with Crippen LogP contribution in [0.2, 0.25) is 0 Å². The Morgan fingerprint density at radius 2 is 2.17 bits per heavy atom. The lowest BCUT2D eigenvalue weighted by atomic mass is 10.1. The van der Waals surface area contributed by atoms with E-state index in [1.165, 1.54) is 11.8 Å². The monoisotopic (exact) mass is 345 g/mol. The van der Waals surface area contributed by atoms with E-state index in [2.05, 4.69) is 30.7 Å². The van der Waals surface area contributed by atoms with Crippen molar-refractivity contribution in [3.05, 3.63) is 47.3 Å². The number of nitrogens with zero attached hydrogens (tertiary/aromatic N) is 2. The van der Waals surface area contributed by atoms with E-state index in [0.717, 1.165) is 6.42 Å². The van der Waals surface area contributed by atoms with Crippen molar-refractivity contribution in [1.29, 1.82) is 0 Å². The number of hydrogen-bond donors (Lipinski definition) is 1. The summed E-state index contributed by atoms with van der Waals surface area (Å²) >= 11 is 1.27. The lowest BCUT2D eigenvalue weighted by molar-refractivity contribution is -0.118. The number of hydrogen-bond acceptors (Lipinski definition) is 4. The summed E-state index contributed by atoms with van der Waals surface area (Å²) in [6, 6.07) is 7.23. The highest BCUT2D eigenvalue weighted by Gasteiger charge is 2.12. The minimum absolute atomic E-state index is 0.0480. The summed E-state index contributed by atoms with van der Waals surface area (Å²) in [6.07, 6.45) is 2.61. The fraction of sp³-hybridized carbons (Fsp3) is 0.389. The van der Waals surface area contributed by atoms with Gasteiger partial charge in [-0.3, -0.25) is 14.2 Å².